The van der Waals surface area contributed by atoms with Crippen LogP contribution in [-0.2, 0) is 19.5 Å². The number of anilines is 1. The molecule has 11 heteroatoms. The highest BCUT2D eigenvalue weighted by Gasteiger charge is 2.28. The van der Waals surface area contributed by atoms with E-state index in [0.29, 0.717) is 38.7 Å². The molecule has 1 aromatic rings. The number of nitro groups is 1. The number of ether oxygens (including phenoxy) is 2. The molecule has 1 N–H and O–H groups in total. The number of sulfonamides is 1. The third kappa shape index (κ3) is 4.93. The van der Waals surface area contributed by atoms with E-state index >= 15 is 0 Å². The van der Waals surface area contributed by atoms with Crippen molar-refractivity contribution in [2.45, 2.75) is 4.90 Å². The summed E-state index contributed by atoms with van der Waals surface area (Å²) < 4.78 is 37.2. The molecule has 0 spiro atoms. The quantitative estimate of drug-likeness (QED) is 0.515. The van der Waals surface area contributed by atoms with E-state index in [9.17, 15) is 18.5 Å². The molecular formula is C16H24N4O6S. The SMILES string of the molecule is O=[N+]([O-])c1cc(S(=O)(=O)N2CCOCC2)ccc1NCCN1CCOCC1. The molecule has 2 aliphatic rings. The minimum absolute atomic E-state index is 0.0742. The molecule has 3 rings (SSSR count). The maximum absolute atomic E-state index is 12.7. The van der Waals surface area contributed by atoms with E-state index in [0.717, 1.165) is 25.7 Å². The molecule has 0 unspecified atom stereocenters. The topological polar surface area (TPSA) is 114 Å². The van der Waals surface area contributed by atoms with E-state index in [4.69, 9.17) is 9.47 Å². The lowest BCUT2D eigenvalue weighted by atomic mass is 10.2. The van der Waals surface area contributed by atoms with Gasteiger partial charge >= 0.3 is 0 Å². The van der Waals surface area contributed by atoms with E-state index < -0.39 is 14.9 Å². The van der Waals surface area contributed by atoms with Crippen LogP contribution in [0.15, 0.2) is 23.1 Å². The van der Waals surface area contributed by atoms with Gasteiger partial charge < -0.3 is 14.8 Å². The van der Waals surface area contributed by atoms with Crippen molar-refractivity contribution in [2.24, 2.45) is 0 Å². The molecule has 0 aliphatic carbocycles. The zero-order valence-electron chi connectivity index (χ0n) is 15.0. The van der Waals surface area contributed by atoms with Crippen molar-refractivity contribution in [3.8, 4) is 0 Å². The second kappa shape index (κ2) is 8.93. The van der Waals surface area contributed by atoms with Gasteiger partial charge in [-0.25, -0.2) is 8.42 Å². The Morgan fingerprint density at radius 2 is 1.70 bits per heavy atom. The van der Waals surface area contributed by atoms with Gasteiger partial charge in [0.1, 0.15) is 5.69 Å². The average molecular weight is 400 g/mol. The van der Waals surface area contributed by atoms with Crippen LogP contribution in [0.2, 0.25) is 0 Å². The molecule has 27 heavy (non-hydrogen) atoms. The van der Waals surface area contributed by atoms with Crippen LogP contribution in [-0.4, -0.2) is 88.2 Å². The average Bonchev–Trinajstić information content (AvgIpc) is 2.69. The number of nitrogens with one attached hydrogen (secondary N) is 1. The fourth-order valence-corrected chi connectivity index (χ4v) is 4.51. The molecule has 2 heterocycles. The summed E-state index contributed by atoms with van der Waals surface area (Å²) in [5.41, 5.74) is 0.0699. The van der Waals surface area contributed by atoms with Gasteiger partial charge in [-0.1, -0.05) is 0 Å². The molecule has 2 aliphatic heterocycles. The second-order valence-corrected chi connectivity index (χ2v) is 8.27. The normalized spacial score (nSPS) is 19.7. The van der Waals surface area contributed by atoms with E-state index in [1.807, 2.05) is 0 Å². The van der Waals surface area contributed by atoms with Crippen LogP contribution >= 0.6 is 0 Å². The highest BCUT2D eigenvalue weighted by molar-refractivity contribution is 7.89. The van der Waals surface area contributed by atoms with Gasteiger partial charge in [0.25, 0.3) is 5.69 Å². The minimum atomic E-state index is -3.77. The molecule has 0 radical (unpaired) electrons. The Hall–Kier alpha value is -1.79. The van der Waals surface area contributed by atoms with Gasteiger partial charge in [0, 0.05) is 45.3 Å². The van der Waals surface area contributed by atoms with Gasteiger partial charge in [0.05, 0.1) is 36.2 Å². The number of nitro benzene ring substituents is 1. The standard InChI is InChI=1S/C16H24N4O6S/c21-20(22)16-13-14(27(23,24)19-7-11-26-12-8-19)1-2-15(16)17-3-4-18-5-9-25-10-6-18/h1-2,13,17H,3-12H2. The molecule has 1 aromatic carbocycles. The molecule has 150 valence electrons. The maximum Gasteiger partial charge on any atom is 0.293 e. The summed E-state index contributed by atoms with van der Waals surface area (Å²) in [6, 6.07) is 4.00. The Morgan fingerprint density at radius 1 is 1.07 bits per heavy atom. The van der Waals surface area contributed by atoms with E-state index in [2.05, 4.69) is 10.2 Å². The van der Waals surface area contributed by atoms with Crippen LogP contribution in [0.25, 0.3) is 0 Å². The second-order valence-electron chi connectivity index (χ2n) is 6.33. The van der Waals surface area contributed by atoms with Crippen LogP contribution in [0.3, 0.4) is 0 Å². The van der Waals surface area contributed by atoms with Crippen molar-refractivity contribution >= 4 is 21.4 Å². The summed E-state index contributed by atoms with van der Waals surface area (Å²) in [4.78, 5) is 13.0. The Morgan fingerprint density at radius 3 is 2.33 bits per heavy atom. The lowest BCUT2D eigenvalue weighted by molar-refractivity contribution is -0.384. The predicted molar refractivity (Wildman–Crippen MR) is 98.4 cm³/mol. The fourth-order valence-electron chi connectivity index (χ4n) is 3.08. The molecular weight excluding hydrogens is 376 g/mol. The number of benzene rings is 1. The van der Waals surface area contributed by atoms with Gasteiger partial charge in [-0.3, -0.25) is 15.0 Å². The van der Waals surface area contributed by atoms with E-state index in [1.165, 1.54) is 16.4 Å². The van der Waals surface area contributed by atoms with Crippen LogP contribution < -0.4 is 5.32 Å². The summed E-state index contributed by atoms with van der Waals surface area (Å²) in [7, 11) is -3.77. The molecule has 0 bridgehead atoms. The van der Waals surface area contributed by atoms with Gasteiger partial charge in [-0.15, -0.1) is 0 Å². The maximum atomic E-state index is 12.7. The number of hydrogen-bond acceptors (Lipinski definition) is 8. The smallest absolute Gasteiger partial charge is 0.293 e. The van der Waals surface area contributed by atoms with Crippen molar-refractivity contribution in [2.75, 3.05) is 71.0 Å². The lowest BCUT2D eigenvalue weighted by Gasteiger charge is -2.27. The summed E-state index contributed by atoms with van der Waals surface area (Å²) in [6.45, 7) is 5.44. The third-order valence-electron chi connectivity index (χ3n) is 4.62. The van der Waals surface area contributed by atoms with E-state index in [-0.39, 0.29) is 23.7 Å². The van der Waals surface area contributed by atoms with Gasteiger partial charge in [0.2, 0.25) is 10.0 Å². The van der Waals surface area contributed by atoms with Crippen molar-refractivity contribution in [3.05, 3.63) is 28.3 Å². The lowest BCUT2D eigenvalue weighted by Crippen LogP contribution is -2.40. The van der Waals surface area contributed by atoms with Crippen molar-refractivity contribution in [3.63, 3.8) is 0 Å². The highest BCUT2D eigenvalue weighted by Crippen LogP contribution is 2.29. The van der Waals surface area contributed by atoms with E-state index in [1.54, 1.807) is 0 Å². The van der Waals surface area contributed by atoms with Gasteiger partial charge in [-0.2, -0.15) is 4.31 Å². The molecule has 2 saturated heterocycles. The van der Waals surface area contributed by atoms with Crippen molar-refractivity contribution < 1.29 is 22.8 Å². The molecule has 0 atom stereocenters. The summed E-state index contributed by atoms with van der Waals surface area (Å²) >= 11 is 0. The first kappa shape index (κ1) is 20.0. The highest BCUT2D eigenvalue weighted by atomic mass is 32.2. The Bertz CT molecular complexity index is 760. The molecule has 0 amide bonds. The first-order valence-corrected chi connectivity index (χ1v) is 10.3. The summed E-state index contributed by atoms with van der Waals surface area (Å²) in [6.07, 6.45) is 0. The largest absolute Gasteiger partial charge is 0.379 e. The molecule has 0 saturated carbocycles. The molecule has 0 aromatic heterocycles. The first-order chi connectivity index (χ1) is 13.0. The van der Waals surface area contributed by atoms with Gasteiger partial charge in [-0.05, 0) is 12.1 Å². The third-order valence-corrected chi connectivity index (χ3v) is 6.52. The predicted octanol–water partition coefficient (Wildman–Crippen LogP) is 0.360. The number of hydrogen-bond donors (Lipinski definition) is 1. The Labute approximate surface area is 158 Å². The van der Waals surface area contributed by atoms with Crippen LogP contribution in [0.4, 0.5) is 11.4 Å². The Kier molecular flexibility index (Phi) is 6.60. The summed E-state index contributed by atoms with van der Waals surface area (Å²) in [5, 5.41) is 14.5. The first-order valence-electron chi connectivity index (χ1n) is 8.89. The monoisotopic (exact) mass is 400 g/mol. The zero-order valence-corrected chi connectivity index (χ0v) is 15.8. The van der Waals surface area contributed by atoms with Crippen LogP contribution in [0.1, 0.15) is 0 Å². The van der Waals surface area contributed by atoms with Crippen molar-refractivity contribution in [1.29, 1.82) is 0 Å². The fraction of sp³-hybridized carbons (Fsp3) is 0.625. The van der Waals surface area contributed by atoms with Crippen molar-refractivity contribution in [1.82, 2.24) is 9.21 Å². The Balaban J connectivity index is 1.71. The summed E-state index contributed by atoms with van der Waals surface area (Å²) in [5.74, 6) is 0. The number of rotatable bonds is 7. The van der Waals surface area contributed by atoms with Gasteiger partial charge in [0.15, 0.2) is 0 Å². The number of morpholine rings is 2. The minimum Gasteiger partial charge on any atom is -0.379 e. The zero-order chi connectivity index (χ0) is 19.3. The number of nitrogens with zero attached hydrogens (tertiary/aromatic N) is 3. The molecule has 2 fully saturated rings. The molecule has 10 nitrogen and oxygen atoms in total. The van der Waals surface area contributed by atoms with Crippen LogP contribution in [0.5, 0.6) is 0 Å². The van der Waals surface area contributed by atoms with Crippen LogP contribution in [0, 0.1) is 10.1 Å².